The zero-order valence-corrected chi connectivity index (χ0v) is 11.2. The van der Waals surface area contributed by atoms with Crippen molar-refractivity contribution in [1.82, 2.24) is 20.6 Å². The van der Waals surface area contributed by atoms with E-state index in [-0.39, 0.29) is 5.12 Å². The third-order valence-electron chi connectivity index (χ3n) is 2.74. The number of tetrazole rings is 1. The number of thioether (sulfide) groups is 1. The fraction of sp³-hybridized carbons (Fsp3) is 0. The third kappa shape index (κ3) is 2.60. The van der Waals surface area contributed by atoms with Crippen molar-refractivity contribution in [3.05, 3.63) is 60.2 Å². The van der Waals surface area contributed by atoms with Crippen molar-refractivity contribution in [2.45, 2.75) is 5.16 Å². The lowest BCUT2D eigenvalue weighted by molar-refractivity contribution is 0.108. The smallest absolute Gasteiger partial charge is 0.238 e. The average molecular weight is 282 g/mol. The molecule has 0 radical (unpaired) electrons. The molecule has 0 spiro atoms. The first-order valence-electron chi connectivity index (χ1n) is 5.94. The maximum absolute atomic E-state index is 12.3. The summed E-state index contributed by atoms with van der Waals surface area (Å²) < 4.78 is 0. The molecule has 3 rings (SSSR count). The van der Waals surface area contributed by atoms with Crippen molar-refractivity contribution in [2.75, 3.05) is 0 Å². The highest BCUT2D eigenvalue weighted by Crippen LogP contribution is 2.28. The fourth-order valence-electron chi connectivity index (χ4n) is 1.86. The van der Waals surface area contributed by atoms with E-state index in [9.17, 15) is 4.79 Å². The first-order chi connectivity index (χ1) is 9.84. The van der Waals surface area contributed by atoms with E-state index in [0.717, 1.165) is 22.9 Å². The second-order valence-corrected chi connectivity index (χ2v) is 4.94. The fourth-order valence-corrected chi connectivity index (χ4v) is 2.49. The minimum absolute atomic E-state index is 0.106. The molecule has 0 fully saturated rings. The number of carbonyl (C=O) groups is 1. The van der Waals surface area contributed by atoms with Crippen molar-refractivity contribution < 1.29 is 4.79 Å². The van der Waals surface area contributed by atoms with Crippen molar-refractivity contribution in [2.24, 2.45) is 0 Å². The molecule has 0 aliphatic rings. The number of hydrogen-bond acceptors (Lipinski definition) is 5. The number of carbonyl (C=O) groups excluding carboxylic acids is 1. The lowest BCUT2D eigenvalue weighted by Gasteiger charge is -2.07. The number of rotatable bonds is 3. The summed E-state index contributed by atoms with van der Waals surface area (Å²) in [4.78, 5) is 12.3. The molecule has 2 aromatic carbocycles. The summed E-state index contributed by atoms with van der Waals surface area (Å²) in [6, 6.07) is 17.3. The predicted octanol–water partition coefficient (Wildman–Crippen LogP) is 2.80. The topological polar surface area (TPSA) is 71.5 Å². The second kappa shape index (κ2) is 5.66. The van der Waals surface area contributed by atoms with Gasteiger partial charge in [0.25, 0.3) is 0 Å². The van der Waals surface area contributed by atoms with Crippen LogP contribution >= 0.6 is 11.8 Å². The van der Waals surface area contributed by atoms with E-state index in [1.54, 1.807) is 6.07 Å². The molecule has 0 aliphatic carbocycles. The van der Waals surface area contributed by atoms with E-state index in [2.05, 4.69) is 20.6 Å². The van der Waals surface area contributed by atoms with E-state index < -0.39 is 0 Å². The van der Waals surface area contributed by atoms with Crippen LogP contribution in [0.25, 0.3) is 11.1 Å². The van der Waals surface area contributed by atoms with Gasteiger partial charge >= 0.3 is 0 Å². The molecule has 0 unspecified atom stereocenters. The largest absolute Gasteiger partial charge is 0.281 e. The van der Waals surface area contributed by atoms with Crippen molar-refractivity contribution in [3.63, 3.8) is 0 Å². The maximum Gasteiger partial charge on any atom is 0.238 e. The van der Waals surface area contributed by atoms with Crippen LogP contribution in [0.5, 0.6) is 0 Å². The average Bonchev–Trinajstić information content (AvgIpc) is 3.01. The van der Waals surface area contributed by atoms with Gasteiger partial charge in [-0.2, -0.15) is 5.21 Å². The van der Waals surface area contributed by atoms with Crippen molar-refractivity contribution in [3.8, 4) is 11.1 Å². The molecule has 0 atom stereocenters. The number of hydrogen-bond donors (Lipinski definition) is 1. The van der Waals surface area contributed by atoms with Crippen LogP contribution in [-0.4, -0.2) is 25.7 Å². The summed E-state index contributed by atoms with van der Waals surface area (Å²) in [5, 5.41) is 13.5. The van der Waals surface area contributed by atoms with Crippen LogP contribution in [0.3, 0.4) is 0 Å². The quantitative estimate of drug-likeness (QED) is 0.748. The lowest BCUT2D eigenvalue weighted by atomic mass is 10.0. The molecule has 20 heavy (non-hydrogen) atoms. The summed E-state index contributed by atoms with van der Waals surface area (Å²) in [7, 11) is 0. The molecule has 5 nitrogen and oxygen atoms in total. The Labute approximate surface area is 119 Å². The predicted molar refractivity (Wildman–Crippen MR) is 76.2 cm³/mol. The molecule has 0 amide bonds. The summed E-state index contributed by atoms with van der Waals surface area (Å²) in [6.07, 6.45) is 0. The van der Waals surface area contributed by atoms with Gasteiger partial charge in [-0.25, -0.2) is 0 Å². The standard InChI is InChI=1S/C14H10N4OS/c19-13(20-14-15-17-18-16-14)12-9-5-4-8-11(12)10-6-2-1-3-7-10/h1-9H,(H,15,16,17,18). The summed E-state index contributed by atoms with van der Waals surface area (Å²) in [6.45, 7) is 0. The Morgan fingerprint density at radius 3 is 2.50 bits per heavy atom. The van der Waals surface area contributed by atoms with Gasteiger partial charge in [-0.1, -0.05) is 48.5 Å². The molecule has 1 N–H and O–H groups in total. The number of nitrogens with one attached hydrogen (secondary N) is 1. The van der Waals surface area contributed by atoms with Gasteiger partial charge in [-0.05, 0) is 34.2 Å². The first kappa shape index (κ1) is 12.6. The molecule has 1 heterocycles. The second-order valence-electron chi connectivity index (χ2n) is 4.00. The summed E-state index contributed by atoms with van der Waals surface area (Å²) in [5.41, 5.74) is 2.53. The van der Waals surface area contributed by atoms with E-state index in [4.69, 9.17) is 0 Å². The van der Waals surface area contributed by atoms with E-state index in [1.165, 1.54) is 0 Å². The number of H-pyrrole nitrogens is 1. The molecular formula is C14H10N4OS. The van der Waals surface area contributed by atoms with Crippen LogP contribution in [0.15, 0.2) is 59.8 Å². The van der Waals surface area contributed by atoms with Gasteiger partial charge in [-0.15, -0.1) is 10.2 Å². The Morgan fingerprint density at radius 1 is 1.00 bits per heavy atom. The van der Waals surface area contributed by atoms with Gasteiger partial charge in [-0.3, -0.25) is 4.79 Å². The maximum atomic E-state index is 12.3. The van der Waals surface area contributed by atoms with Gasteiger partial charge in [0, 0.05) is 5.56 Å². The highest BCUT2D eigenvalue weighted by molar-refractivity contribution is 8.14. The highest BCUT2D eigenvalue weighted by atomic mass is 32.2. The highest BCUT2D eigenvalue weighted by Gasteiger charge is 2.15. The lowest BCUT2D eigenvalue weighted by Crippen LogP contribution is -1.97. The van der Waals surface area contributed by atoms with Gasteiger partial charge in [0.15, 0.2) is 0 Å². The summed E-state index contributed by atoms with van der Waals surface area (Å²) >= 11 is 0.957. The Bertz CT molecular complexity index is 713. The molecule has 0 aliphatic heterocycles. The monoisotopic (exact) mass is 282 g/mol. The Balaban J connectivity index is 1.96. The summed E-state index contributed by atoms with van der Waals surface area (Å²) in [5.74, 6) is 0. The first-order valence-corrected chi connectivity index (χ1v) is 6.76. The molecule has 6 heteroatoms. The van der Waals surface area contributed by atoms with Crippen molar-refractivity contribution >= 4 is 16.9 Å². The minimum atomic E-state index is -0.106. The van der Waals surface area contributed by atoms with E-state index in [1.807, 2.05) is 48.5 Å². The number of aromatic nitrogens is 4. The molecule has 0 saturated heterocycles. The Morgan fingerprint density at radius 2 is 1.75 bits per heavy atom. The molecule has 1 aromatic heterocycles. The zero-order valence-electron chi connectivity index (χ0n) is 10.4. The number of benzene rings is 2. The third-order valence-corrected chi connectivity index (χ3v) is 3.50. The van der Waals surface area contributed by atoms with E-state index >= 15 is 0 Å². The molecule has 0 saturated carbocycles. The van der Waals surface area contributed by atoms with Crippen LogP contribution in [-0.2, 0) is 0 Å². The molecule has 98 valence electrons. The molecule has 0 bridgehead atoms. The van der Waals surface area contributed by atoms with Crippen LogP contribution in [0.4, 0.5) is 0 Å². The SMILES string of the molecule is O=C(Sc1nn[nH]n1)c1ccccc1-c1ccccc1. The van der Waals surface area contributed by atoms with Gasteiger partial charge in [0.1, 0.15) is 0 Å². The van der Waals surface area contributed by atoms with E-state index in [0.29, 0.717) is 10.7 Å². The number of nitrogens with zero attached hydrogens (tertiary/aromatic N) is 3. The number of aromatic amines is 1. The van der Waals surface area contributed by atoms with Crippen LogP contribution < -0.4 is 0 Å². The minimum Gasteiger partial charge on any atom is -0.281 e. The Kier molecular flexibility index (Phi) is 3.56. The van der Waals surface area contributed by atoms with Gasteiger partial charge < -0.3 is 0 Å². The zero-order chi connectivity index (χ0) is 13.8. The van der Waals surface area contributed by atoms with Gasteiger partial charge in [0.2, 0.25) is 10.3 Å². The van der Waals surface area contributed by atoms with Gasteiger partial charge in [0.05, 0.1) is 0 Å². The van der Waals surface area contributed by atoms with Crippen LogP contribution in [0.2, 0.25) is 0 Å². The van der Waals surface area contributed by atoms with Crippen molar-refractivity contribution in [1.29, 1.82) is 0 Å². The normalized spacial score (nSPS) is 10.4. The Hall–Kier alpha value is -2.47. The molecular weight excluding hydrogens is 272 g/mol. The van der Waals surface area contributed by atoms with Crippen LogP contribution in [0, 0.1) is 0 Å². The van der Waals surface area contributed by atoms with Crippen LogP contribution in [0.1, 0.15) is 10.4 Å². The molecule has 3 aromatic rings.